The van der Waals surface area contributed by atoms with Crippen LogP contribution in [0.5, 0.6) is 5.75 Å². The molecule has 0 amide bonds. The Labute approximate surface area is 231 Å². The van der Waals surface area contributed by atoms with Gasteiger partial charge in [-0.25, -0.2) is 4.79 Å². The Morgan fingerprint density at radius 1 is 1.03 bits per heavy atom. The van der Waals surface area contributed by atoms with Gasteiger partial charge in [-0.15, -0.1) is 0 Å². The van der Waals surface area contributed by atoms with Crippen molar-refractivity contribution in [2.75, 3.05) is 7.11 Å². The molecule has 0 heterocycles. The number of hydrogen-bond donors (Lipinski definition) is 0. The molecular formula is C35H50O3. The maximum Gasteiger partial charge on any atom is 0.338 e. The van der Waals surface area contributed by atoms with Gasteiger partial charge in [0.25, 0.3) is 0 Å². The SMILES string of the molecule is COc1ccc(C(=O)O[C@H]2CC[C@@]3(C)C(=CC[C@@H]4C3CC[C@]3(C)[C@@H]([C@H](C)/C=C/CC(C)C)CC[C@@H]43)C2)cc1. The molecule has 0 aromatic heterocycles. The van der Waals surface area contributed by atoms with Crippen molar-refractivity contribution in [2.45, 2.75) is 98.5 Å². The van der Waals surface area contributed by atoms with E-state index in [4.69, 9.17) is 9.47 Å². The van der Waals surface area contributed by atoms with Crippen LogP contribution >= 0.6 is 0 Å². The third-order valence-electron chi connectivity index (χ3n) is 11.4. The highest BCUT2D eigenvalue weighted by Crippen LogP contribution is 2.67. The van der Waals surface area contributed by atoms with Gasteiger partial charge in [0.1, 0.15) is 11.9 Å². The van der Waals surface area contributed by atoms with Crippen molar-refractivity contribution >= 4 is 5.97 Å². The normalized spacial score (nSPS) is 37.2. The van der Waals surface area contributed by atoms with Crippen molar-refractivity contribution in [3.05, 3.63) is 53.6 Å². The van der Waals surface area contributed by atoms with Crippen LogP contribution in [0.2, 0.25) is 0 Å². The minimum absolute atomic E-state index is 0.0105. The van der Waals surface area contributed by atoms with E-state index in [2.05, 4.69) is 52.8 Å². The van der Waals surface area contributed by atoms with E-state index in [0.29, 0.717) is 16.9 Å². The predicted octanol–water partition coefficient (Wildman–Crippen LogP) is 9.04. The maximum atomic E-state index is 12.8. The summed E-state index contributed by atoms with van der Waals surface area (Å²) in [6.45, 7) is 12.3. The number of carbonyl (C=O) groups is 1. The fourth-order valence-corrected chi connectivity index (χ4v) is 9.28. The summed E-state index contributed by atoms with van der Waals surface area (Å²) in [6.07, 6.45) is 18.6. The first-order valence-corrected chi connectivity index (χ1v) is 15.4. The van der Waals surface area contributed by atoms with Crippen molar-refractivity contribution in [2.24, 2.45) is 46.3 Å². The summed E-state index contributed by atoms with van der Waals surface area (Å²) < 4.78 is 11.2. The number of rotatable bonds is 7. The largest absolute Gasteiger partial charge is 0.497 e. The number of fused-ring (bicyclic) bond motifs is 5. The molecule has 3 saturated carbocycles. The summed E-state index contributed by atoms with van der Waals surface area (Å²) >= 11 is 0. The third-order valence-corrected chi connectivity index (χ3v) is 11.4. The van der Waals surface area contributed by atoms with Gasteiger partial charge in [0.05, 0.1) is 12.7 Å². The summed E-state index contributed by atoms with van der Waals surface area (Å²) in [7, 11) is 1.64. The average Bonchev–Trinajstić information content (AvgIpc) is 3.26. The van der Waals surface area contributed by atoms with Crippen LogP contribution in [0, 0.1) is 46.3 Å². The van der Waals surface area contributed by atoms with E-state index in [0.717, 1.165) is 54.6 Å². The van der Waals surface area contributed by atoms with Crippen LogP contribution in [0.15, 0.2) is 48.1 Å². The minimum Gasteiger partial charge on any atom is -0.497 e. The van der Waals surface area contributed by atoms with Crippen LogP contribution in [0.1, 0.15) is 103 Å². The Bertz CT molecular complexity index is 1050. The molecule has 4 aliphatic rings. The smallest absolute Gasteiger partial charge is 0.338 e. The van der Waals surface area contributed by atoms with Crippen molar-refractivity contribution < 1.29 is 14.3 Å². The Kier molecular flexibility index (Phi) is 7.87. The highest BCUT2D eigenvalue weighted by atomic mass is 16.5. The lowest BCUT2D eigenvalue weighted by Crippen LogP contribution is -2.51. The number of hydrogen-bond acceptors (Lipinski definition) is 3. The van der Waals surface area contributed by atoms with Gasteiger partial charge in [0.15, 0.2) is 0 Å². The zero-order valence-electron chi connectivity index (χ0n) is 24.7. The van der Waals surface area contributed by atoms with Crippen molar-refractivity contribution in [1.29, 1.82) is 0 Å². The number of benzene rings is 1. The number of allylic oxidation sites excluding steroid dienone is 3. The summed E-state index contributed by atoms with van der Waals surface area (Å²) in [4.78, 5) is 12.8. The van der Waals surface area contributed by atoms with Crippen LogP contribution < -0.4 is 4.74 Å². The standard InChI is InChI=1S/C35H50O3/c1-23(2)8-7-9-24(3)30-16-17-31-29-15-12-26-22-28(38-33(36)25-10-13-27(37-6)14-11-25)18-20-34(26,4)32(29)19-21-35(30,31)5/h7,9-14,23-24,28-32H,8,15-22H2,1-6H3/b9-7+/t24-,28+,29+,30-,31+,32?,34+,35-/m1/s1. The molecule has 1 aromatic carbocycles. The Balaban J connectivity index is 1.25. The molecule has 0 spiro atoms. The molecule has 3 heteroatoms. The third kappa shape index (κ3) is 5.00. The van der Waals surface area contributed by atoms with E-state index in [1.807, 2.05) is 12.1 Å². The van der Waals surface area contributed by atoms with Crippen LogP contribution in [0.4, 0.5) is 0 Å². The number of ether oxygens (including phenoxy) is 2. The monoisotopic (exact) mass is 518 g/mol. The minimum atomic E-state index is -0.211. The highest BCUT2D eigenvalue weighted by Gasteiger charge is 2.59. The first-order valence-electron chi connectivity index (χ1n) is 15.4. The lowest BCUT2D eigenvalue weighted by Gasteiger charge is -2.58. The van der Waals surface area contributed by atoms with Crippen molar-refractivity contribution in [3.8, 4) is 5.75 Å². The van der Waals surface area contributed by atoms with E-state index in [9.17, 15) is 4.79 Å². The Morgan fingerprint density at radius 2 is 1.79 bits per heavy atom. The molecule has 4 aliphatic carbocycles. The first-order chi connectivity index (χ1) is 18.2. The molecule has 3 nitrogen and oxygen atoms in total. The molecule has 208 valence electrons. The summed E-state index contributed by atoms with van der Waals surface area (Å²) in [5.74, 6) is 5.24. The Morgan fingerprint density at radius 3 is 2.50 bits per heavy atom. The fraction of sp³-hybridized carbons (Fsp3) is 0.686. The van der Waals surface area contributed by atoms with Gasteiger partial charge in [-0.3, -0.25) is 0 Å². The van der Waals surface area contributed by atoms with E-state index in [1.165, 1.54) is 38.5 Å². The second kappa shape index (κ2) is 10.9. The van der Waals surface area contributed by atoms with Gasteiger partial charge in [-0.05, 0) is 122 Å². The lowest BCUT2D eigenvalue weighted by atomic mass is 9.47. The molecule has 0 radical (unpaired) electrons. The lowest BCUT2D eigenvalue weighted by molar-refractivity contribution is -0.0565. The van der Waals surface area contributed by atoms with Gasteiger partial charge >= 0.3 is 5.97 Å². The molecular weight excluding hydrogens is 468 g/mol. The van der Waals surface area contributed by atoms with Crippen molar-refractivity contribution in [3.63, 3.8) is 0 Å². The molecule has 5 rings (SSSR count). The summed E-state index contributed by atoms with van der Waals surface area (Å²) in [5, 5.41) is 0. The molecule has 1 unspecified atom stereocenters. The van der Waals surface area contributed by atoms with E-state index in [-0.39, 0.29) is 17.5 Å². The molecule has 0 aliphatic heterocycles. The average molecular weight is 519 g/mol. The van der Waals surface area contributed by atoms with Crippen LogP contribution in [0.3, 0.4) is 0 Å². The quantitative estimate of drug-likeness (QED) is 0.267. The van der Waals surface area contributed by atoms with Crippen molar-refractivity contribution in [1.82, 2.24) is 0 Å². The van der Waals surface area contributed by atoms with Gasteiger partial charge < -0.3 is 9.47 Å². The molecule has 8 atom stereocenters. The summed E-state index contributed by atoms with van der Waals surface area (Å²) in [5.41, 5.74) is 2.93. The van der Waals surface area contributed by atoms with E-state index < -0.39 is 0 Å². The number of esters is 1. The zero-order valence-corrected chi connectivity index (χ0v) is 24.7. The maximum absolute atomic E-state index is 12.8. The molecule has 1 aromatic rings. The zero-order chi connectivity index (χ0) is 27.1. The molecule has 38 heavy (non-hydrogen) atoms. The first kappa shape index (κ1) is 27.5. The van der Waals surface area contributed by atoms with E-state index >= 15 is 0 Å². The van der Waals surface area contributed by atoms with Crippen LogP contribution in [-0.4, -0.2) is 19.2 Å². The van der Waals surface area contributed by atoms with Crippen LogP contribution in [0.25, 0.3) is 0 Å². The Hall–Kier alpha value is -2.03. The fourth-order valence-electron chi connectivity index (χ4n) is 9.28. The van der Waals surface area contributed by atoms with Crippen LogP contribution in [-0.2, 0) is 4.74 Å². The summed E-state index contributed by atoms with van der Waals surface area (Å²) in [6, 6.07) is 7.25. The van der Waals surface area contributed by atoms with Gasteiger partial charge in [0, 0.05) is 6.42 Å². The molecule has 0 saturated heterocycles. The predicted molar refractivity (Wildman–Crippen MR) is 155 cm³/mol. The molecule has 0 N–H and O–H groups in total. The van der Waals surface area contributed by atoms with Gasteiger partial charge in [0.2, 0.25) is 0 Å². The molecule has 0 bridgehead atoms. The van der Waals surface area contributed by atoms with E-state index in [1.54, 1.807) is 24.8 Å². The van der Waals surface area contributed by atoms with Gasteiger partial charge in [-0.1, -0.05) is 58.4 Å². The second-order valence-corrected chi connectivity index (χ2v) is 13.9. The number of carbonyl (C=O) groups excluding carboxylic acids is 1. The molecule has 3 fully saturated rings. The topological polar surface area (TPSA) is 35.5 Å². The second-order valence-electron chi connectivity index (χ2n) is 13.9. The highest BCUT2D eigenvalue weighted by molar-refractivity contribution is 5.89. The van der Waals surface area contributed by atoms with Gasteiger partial charge in [-0.2, -0.15) is 0 Å². The number of methoxy groups -OCH3 is 1.